The zero-order chi connectivity index (χ0) is 16.5. The van der Waals surface area contributed by atoms with E-state index in [1.807, 2.05) is 11.6 Å². The van der Waals surface area contributed by atoms with Crippen molar-refractivity contribution in [3.63, 3.8) is 0 Å². The maximum Gasteiger partial charge on any atom is 0.226 e. The van der Waals surface area contributed by atoms with Crippen LogP contribution in [0.3, 0.4) is 0 Å². The SMILES string of the molecule is Cc1nc2n(n1)C[C@@H](NCc1coc(-c3cccc(F)c3)n1)CC2. The van der Waals surface area contributed by atoms with Crippen LogP contribution in [0.1, 0.15) is 23.8 Å². The van der Waals surface area contributed by atoms with Gasteiger partial charge in [-0.05, 0) is 31.5 Å². The zero-order valence-corrected chi connectivity index (χ0v) is 13.4. The Balaban J connectivity index is 1.39. The average Bonchev–Trinajstić information content (AvgIpc) is 3.18. The monoisotopic (exact) mass is 327 g/mol. The van der Waals surface area contributed by atoms with Crippen LogP contribution in [0, 0.1) is 12.7 Å². The Morgan fingerprint density at radius 1 is 1.38 bits per heavy atom. The predicted octanol–water partition coefficient (Wildman–Crippen LogP) is 2.49. The van der Waals surface area contributed by atoms with E-state index in [0.717, 1.165) is 36.7 Å². The van der Waals surface area contributed by atoms with E-state index < -0.39 is 0 Å². The first-order valence-electron chi connectivity index (χ1n) is 8.01. The van der Waals surface area contributed by atoms with Crippen LogP contribution in [0.4, 0.5) is 4.39 Å². The van der Waals surface area contributed by atoms with Crippen LogP contribution in [0.2, 0.25) is 0 Å². The van der Waals surface area contributed by atoms with Gasteiger partial charge >= 0.3 is 0 Å². The van der Waals surface area contributed by atoms with Crippen LogP contribution >= 0.6 is 0 Å². The fraction of sp³-hybridized carbons (Fsp3) is 0.353. The van der Waals surface area contributed by atoms with Gasteiger partial charge in [0.2, 0.25) is 5.89 Å². The summed E-state index contributed by atoms with van der Waals surface area (Å²) in [5, 5.41) is 7.88. The lowest BCUT2D eigenvalue weighted by atomic mass is 10.1. The van der Waals surface area contributed by atoms with Gasteiger partial charge in [-0.25, -0.2) is 19.0 Å². The molecule has 7 heteroatoms. The third-order valence-corrected chi connectivity index (χ3v) is 4.16. The molecule has 0 bridgehead atoms. The molecule has 0 amide bonds. The minimum atomic E-state index is -0.300. The van der Waals surface area contributed by atoms with Gasteiger partial charge in [0, 0.05) is 24.6 Å². The van der Waals surface area contributed by atoms with Crippen LogP contribution in [0.15, 0.2) is 34.9 Å². The van der Waals surface area contributed by atoms with Gasteiger partial charge < -0.3 is 9.73 Å². The van der Waals surface area contributed by atoms with E-state index >= 15 is 0 Å². The normalized spacial score (nSPS) is 17.0. The van der Waals surface area contributed by atoms with Crippen LogP contribution < -0.4 is 5.32 Å². The van der Waals surface area contributed by atoms with Gasteiger partial charge in [-0.15, -0.1) is 0 Å². The highest BCUT2D eigenvalue weighted by atomic mass is 19.1. The summed E-state index contributed by atoms with van der Waals surface area (Å²) in [5.74, 6) is 2.01. The molecule has 24 heavy (non-hydrogen) atoms. The van der Waals surface area contributed by atoms with Gasteiger partial charge in [0.05, 0.1) is 12.2 Å². The Morgan fingerprint density at radius 2 is 2.29 bits per heavy atom. The Hall–Kier alpha value is -2.54. The van der Waals surface area contributed by atoms with Crippen molar-refractivity contribution in [1.29, 1.82) is 0 Å². The van der Waals surface area contributed by atoms with E-state index in [9.17, 15) is 4.39 Å². The van der Waals surface area contributed by atoms with Gasteiger partial charge in [0.1, 0.15) is 23.7 Å². The first-order chi connectivity index (χ1) is 11.7. The second-order valence-electron chi connectivity index (χ2n) is 6.03. The molecular formula is C17H18FN5O. The van der Waals surface area contributed by atoms with Crippen molar-refractivity contribution in [1.82, 2.24) is 25.1 Å². The number of hydrogen-bond donors (Lipinski definition) is 1. The Bertz CT molecular complexity index is 856. The van der Waals surface area contributed by atoms with Crippen molar-refractivity contribution < 1.29 is 8.81 Å². The Morgan fingerprint density at radius 3 is 3.17 bits per heavy atom. The fourth-order valence-electron chi connectivity index (χ4n) is 2.99. The smallest absolute Gasteiger partial charge is 0.226 e. The van der Waals surface area contributed by atoms with Gasteiger partial charge in [-0.2, -0.15) is 5.10 Å². The third-order valence-electron chi connectivity index (χ3n) is 4.16. The molecule has 1 aliphatic rings. The average molecular weight is 327 g/mol. The summed E-state index contributed by atoms with van der Waals surface area (Å²) in [5.41, 5.74) is 1.44. The molecule has 0 unspecified atom stereocenters. The molecule has 0 spiro atoms. The van der Waals surface area contributed by atoms with Crippen LogP contribution in [-0.4, -0.2) is 25.8 Å². The van der Waals surface area contributed by atoms with Crippen molar-refractivity contribution in [2.45, 2.75) is 38.9 Å². The molecule has 124 valence electrons. The zero-order valence-electron chi connectivity index (χ0n) is 13.4. The maximum atomic E-state index is 13.3. The summed E-state index contributed by atoms with van der Waals surface area (Å²) in [7, 11) is 0. The molecule has 2 aromatic heterocycles. The van der Waals surface area contributed by atoms with E-state index in [0.29, 0.717) is 24.0 Å². The first kappa shape index (κ1) is 15.0. The van der Waals surface area contributed by atoms with Crippen LogP contribution in [0.5, 0.6) is 0 Å². The topological polar surface area (TPSA) is 68.8 Å². The lowest BCUT2D eigenvalue weighted by Gasteiger charge is -2.23. The van der Waals surface area contributed by atoms with E-state index in [4.69, 9.17) is 4.42 Å². The maximum absolute atomic E-state index is 13.3. The summed E-state index contributed by atoms with van der Waals surface area (Å²) in [6.45, 7) is 3.33. The molecule has 4 rings (SSSR count). The first-order valence-corrected chi connectivity index (χ1v) is 8.01. The molecule has 0 saturated carbocycles. The molecule has 1 aromatic carbocycles. The van der Waals surface area contributed by atoms with E-state index in [1.165, 1.54) is 12.1 Å². The number of nitrogens with one attached hydrogen (secondary N) is 1. The number of halogens is 1. The van der Waals surface area contributed by atoms with Crippen molar-refractivity contribution in [3.8, 4) is 11.5 Å². The van der Waals surface area contributed by atoms with Crippen molar-refractivity contribution >= 4 is 0 Å². The number of rotatable bonds is 4. The largest absolute Gasteiger partial charge is 0.444 e. The quantitative estimate of drug-likeness (QED) is 0.797. The molecule has 3 heterocycles. The van der Waals surface area contributed by atoms with Gasteiger partial charge in [0.25, 0.3) is 0 Å². The van der Waals surface area contributed by atoms with Gasteiger partial charge in [-0.1, -0.05) is 6.07 Å². The number of fused-ring (bicyclic) bond motifs is 1. The minimum absolute atomic E-state index is 0.300. The van der Waals surface area contributed by atoms with E-state index in [2.05, 4.69) is 20.4 Å². The molecule has 0 aliphatic carbocycles. The van der Waals surface area contributed by atoms with Crippen LogP contribution in [0.25, 0.3) is 11.5 Å². The van der Waals surface area contributed by atoms with Crippen LogP contribution in [-0.2, 0) is 19.5 Å². The van der Waals surface area contributed by atoms with Gasteiger partial charge in [0.15, 0.2) is 0 Å². The highest BCUT2D eigenvalue weighted by Crippen LogP contribution is 2.20. The van der Waals surface area contributed by atoms with Crippen molar-refractivity contribution in [2.24, 2.45) is 0 Å². The molecule has 3 aromatic rings. The summed E-state index contributed by atoms with van der Waals surface area (Å²) in [6, 6.07) is 6.57. The summed E-state index contributed by atoms with van der Waals surface area (Å²) < 4.78 is 20.7. The second-order valence-corrected chi connectivity index (χ2v) is 6.03. The molecule has 0 radical (unpaired) electrons. The lowest BCUT2D eigenvalue weighted by Crippen LogP contribution is -2.37. The minimum Gasteiger partial charge on any atom is -0.444 e. The number of aromatic nitrogens is 4. The van der Waals surface area contributed by atoms with Crippen molar-refractivity contribution in [2.75, 3.05) is 0 Å². The standard InChI is InChI=1S/C17H18FN5O/c1-11-20-16-6-5-14(9-23(16)22-11)19-8-15-10-24-17(21-15)12-3-2-4-13(18)7-12/h2-4,7,10,14,19H,5-6,8-9H2,1H3/t14-/m0/s1. The van der Waals surface area contributed by atoms with Gasteiger partial charge in [-0.3, -0.25) is 0 Å². The fourth-order valence-corrected chi connectivity index (χ4v) is 2.99. The predicted molar refractivity (Wildman–Crippen MR) is 85.6 cm³/mol. The second kappa shape index (κ2) is 6.16. The number of nitrogens with zero attached hydrogens (tertiary/aromatic N) is 4. The molecule has 1 aliphatic heterocycles. The summed E-state index contributed by atoms with van der Waals surface area (Å²) in [4.78, 5) is 8.84. The molecule has 0 fully saturated rings. The lowest BCUT2D eigenvalue weighted by molar-refractivity contribution is 0.356. The molecule has 6 nitrogen and oxygen atoms in total. The Labute approximate surface area is 138 Å². The van der Waals surface area contributed by atoms with E-state index in [1.54, 1.807) is 18.4 Å². The molecule has 0 saturated heterocycles. The number of oxazole rings is 1. The molecule has 1 atom stereocenters. The molecular weight excluding hydrogens is 309 g/mol. The summed E-state index contributed by atoms with van der Waals surface area (Å²) >= 11 is 0. The van der Waals surface area contributed by atoms with E-state index in [-0.39, 0.29) is 5.82 Å². The Kier molecular flexibility index (Phi) is 3.86. The third kappa shape index (κ3) is 3.07. The number of aryl methyl sites for hydroxylation is 2. The number of hydrogen-bond acceptors (Lipinski definition) is 5. The highest BCUT2D eigenvalue weighted by molar-refractivity contribution is 5.52. The van der Waals surface area contributed by atoms with Crippen molar-refractivity contribution in [3.05, 3.63) is 53.7 Å². The summed E-state index contributed by atoms with van der Waals surface area (Å²) in [6.07, 6.45) is 3.56. The number of benzene rings is 1. The highest BCUT2D eigenvalue weighted by Gasteiger charge is 2.20. The molecule has 1 N–H and O–H groups in total.